The summed E-state index contributed by atoms with van der Waals surface area (Å²) in [6.45, 7) is 3.24. The predicted molar refractivity (Wildman–Crippen MR) is 91.1 cm³/mol. The van der Waals surface area contributed by atoms with Crippen molar-refractivity contribution in [2.75, 3.05) is 37.7 Å². The summed E-state index contributed by atoms with van der Waals surface area (Å²) in [7, 11) is 0. The number of rotatable bonds is 3. The Morgan fingerprint density at radius 2 is 2.20 bits per heavy atom. The van der Waals surface area contributed by atoms with Crippen molar-refractivity contribution in [1.29, 1.82) is 0 Å². The normalized spacial score (nSPS) is 22.5. The van der Waals surface area contributed by atoms with Crippen molar-refractivity contribution in [2.45, 2.75) is 12.8 Å². The van der Waals surface area contributed by atoms with Gasteiger partial charge in [0.2, 0.25) is 0 Å². The lowest BCUT2D eigenvalue weighted by Gasteiger charge is -2.42. The van der Waals surface area contributed by atoms with Gasteiger partial charge in [-0.3, -0.25) is 4.79 Å². The molecule has 1 N–H and O–H groups in total. The highest BCUT2D eigenvalue weighted by Crippen LogP contribution is 2.45. The lowest BCUT2D eigenvalue weighted by Crippen LogP contribution is -2.47. The van der Waals surface area contributed by atoms with E-state index in [-0.39, 0.29) is 23.8 Å². The van der Waals surface area contributed by atoms with Crippen LogP contribution >= 0.6 is 0 Å². The van der Waals surface area contributed by atoms with E-state index < -0.39 is 0 Å². The molecule has 2 fully saturated rings. The molecule has 2 saturated heterocycles. The first-order valence-corrected chi connectivity index (χ1v) is 8.65. The number of aromatic nitrogens is 2. The molecular formula is C18H22N4O3. The summed E-state index contributed by atoms with van der Waals surface area (Å²) in [5.41, 5.74) is 0.635. The van der Waals surface area contributed by atoms with Gasteiger partial charge in [-0.25, -0.2) is 9.97 Å². The molecule has 0 aromatic carbocycles. The summed E-state index contributed by atoms with van der Waals surface area (Å²) in [5, 5.41) is 9.92. The number of amides is 1. The van der Waals surface area contributed by atoms with Crippen LogP contribution in [0.25, 0.3) is 0 Å². The number of piperidine rings is 1. The number of carbonyl (C=O) groups excluding carboxylic acids is 1. The van der Waals surface area contributed by atoms with Crippen LogP contribution in [0.4, 0.5) is 5.82 Å². The molecular weight excluding hydrogens is 320 g/mol. The minimum atomic E-state index is 0.0230. The number of anilines is 1. The number of furan rings is 1. The van der Waals surface area contributed by atoms with E-state index in [1.807, 2.05) is 11.0 Å². The Labute approximate surface area is 146 Å². The monoisotopic (exact) mass is 342 g/mol. The molecule has 1 unspecified atom stereocenters. The summed E-state index contributed by atoms with van der Waals surface area (Å²) < 4.78 is 5.02. The molecule has 0 saturated carbocycles. The predicted octanol–water partition coefficient (Wildman–Crippen LogP) is 1.42. The molecule has 2 aromatic rings. The number of nitrogens with zero attached hydrogens (tertiary/aromatic N) is 4. The molecule has 7 heteroatoms. The lowest BCUT2D eigenvalue weighted by molar-refractivity contribution is 0.0416. The molecule has 132 valence electrons. The minimum Gasteiger partial charge on any atom is -0.472 e. The quantitative estimate of drug-likeness (QED) is 0.908. The van der Waals surface area contributed by atoms with Gasteiger partial charge in [0.05, 0.1) is 11.8 Å². The highest BCUT2D eigenvalue weighted by molar-refractivity contribution is 5.93. The van der Waals surface area contributed by atoms with Crippen LogP contribution in [0.2, 0.25) is 0 Å². The maximum Gasteiger partial charge on any atom is 0.257 e. The van der Waals surface area contributed by atoms with E-state index in [0.29, 0.717) is 18.7 Å². The molecule has 1 amide bonds. The number of aliphatic hydroxyl groups excluding tert-OH is 1. The third-order valence-electron chi connectivity index (χ3n) is 5.74. The van der Waals surface area contributed by atoms with Crippen molar-refractivity contribution in [3.05, 3.63) is 42.7 Å². The molecule has 25 heavy (non-hydrogen) atoms. The first-order valence-electron chi connectivity index (χ1n) is 8.65. The first-order chi connectivity index (χ1) is 12.2. The van der Waals surface area contributed by atoms with Gasteiger partial charge in [-0.2, -0.15) is 0 Å². The number of hydrogen-bond donors (Lipinski definition) is 1. The van der Waals surface area contributed by atoms with E-state index in [1.54, 1.807) is 18.6 Å². The van der Waals surface area contributed by atoms with Gasteiger partial charge in [0.1, 0.15) is 18.4 Å². The Morgan fingerprint density at radius 3 is 2.84 bits per heavy atom. The molecule has 1 spiro atoms. The SMILES string of the molecule is O=C(c1ccoc1)N1CCC2(CC1)CN(c1ccncn1)CC2CO. The fraction of sp³-hybridized carbons (Fsp3) is 0.500. The zero-order valence-electron chi connectivity index (χ0n) is 14.0. The minimum absolute atomic E-state index is 0.0230. The third-order valence-corrected chi connectivity index (χ3v) is 5.74. The third kappa shape index (κ3) is 2.89. The van der Waals surface area contributed by atoms with Gasteiger partial charge in [0.25, 0.3) is 5.91 Å². The van der Waals surface area contributed by atoms with E-state index in [0.717, 1.165) is 31.7 Å². The Kier molecular flexibility index (Phi) is 4.17. The van der Waals surface area contributed by atoms with E-state index in [4.69, 9.17) is 4.42 Å². The van der Waals surface area contributed by atoms with Gasteiger partial charge in [0.15, 0.2) is 0 Å². The molecule has 4 heterocycles. The Morgan fingerprint density at radius 1 is 1.36 bits per heavy atom. The molecule has 1 atom stereocenters. The Hall–Kier alpha value is -2.41. The average molecular weight is 342 g/mol. The lowest BCUT2D eigenvalue weighted by atomic mass is 9.71. The molecule has 7 nitrogen and oxygen atoms in total. The molecule has 0 bridgehead atoms. The van der Waals surface area contributed by atoms with Crippen molar-refractivity contribution in [3.63, 3.8) is 0 Å². The first kappa shape index (κ1) is 16.1. The maximum absolute atomic E-state index is 12.5. The fourth-order valence-electron chi connectivity index (χ4n) is 4.22. The molecule has 4 rings (SSSR count). The molecule has 0 radical (unpaired) electrons. The van der Waals surface area contributed by atoms with Crippen molar-refractivity contribution in [1.82, 2.24) is 14.9 Å². The highest BCUT2D eigenvalue weighted by Gasteiger charge is 2.48. The molecule has 2 aromatic heterocycles. The number of hydrogen-bond acceptors (Lipinski definition) is 6. The highest BCUT2D eigenvalue weighted by atomic mass is 16.3. The number of likely N-dealkylation sites (tertiary alicyclic amines) is 1. The van der Waals surface area contributed by atoms with Gasteiger partial charge in [-0.1, -0.05) is 0 Å². The Bertz CT molecular complexity index is 711. The fourth-order valence-corrected chi connectivity index (χ4v) is 4.22. The maximum atomic E-state index is 12.5. The number of carbonyl (C=O) groups is 1. The van der Waals surface area contributed by atoms with Crippen LogP contribution in [0.3, 0.4) is 0 Å². The summed E-state index contributed by atoms with van der Waals surface area (Å²) in [6, 6.07) is 3.61. The zero-order valence-corrected chi connectivity index (χ0v) is 14.0. The van der Waals surface area contributed by atoms with Crippen molar-refractivity contribution in [2.24, 2.45) is 11.3 Å². The molecule has 2 aliphatic rings. The second-order valence-corrected chi connectivity index (χ2v) is 6.99. The largest absolute Gasteiger partial charge is 0.472 e. The van der Waals surface area contributed by atoms with E-state index >= 15 is 0 Å². The van der Waals surface area contributed by atoms with Crippen LogP contribution < -0.4 is 4.90 Å². The van der Waals surface area contributed by atoms with Gasteiger partial charge >= 0.3 is 0 Å². The topological polar surface area (TPSA) is 82.7 Å². The van der Waals surface area contributed by atoms with E-state index in [1.165, 1.54) is 12.5 Å². The zero-order chi connectivity index (χ0) is 17.3. The van der Waals surface area contributed by atoms with Gasteiger partial charge in [0, 0.05) is 44.9 Å². The average Bonchev–Trinajstić information content (AvgIpc) is 3.31. The van der Waals surface area contributed by atoms with Crippen LogP contribution in [0.15, 0.2) is 41.6 Å². The van der Waals surface area contributed by atoms with Crippen LogP contribution in [0.1, 0.15) is 23.2 Å². The van der Waals surface area contributed by atoms with Gasteiger partial charge in [-0.15, -0.1) is 0 Å². The van der Waals surface area contributed by atoms with Crippen LogP contribution in [-0.4, -0.2) is 58.7 Å². The molecule has 0 aliphatic carbocycles. The standard InChI is InChI=1S/C18H22N4O3/c23-10-15-9-22(16-1-5-19-13-20-16)12-18(15)3-6-21(7-4-18)17(24)14-2-8-25-11-14/h1-2,5,8,11,13,15,23H,3-4,6-7,9-10,12H2. The van der Waals surface area contributed by atoms with Crippen LogP contribution in [0.5, 0.6) is 0 Å². The van der Waals surface area contributed by atoms with Crippen LogP contribution in [-0.2, 0) is 0 Å². The summed E-state index contributed by atoms with van der Waals surface area (Å²) >= 11 is 0. The van der Waals surface area contributed by atoms with E-state index in [2.05, 4.69) is 14.9 Å². The smallest absolute Gasteiger partial charge is 0.257 e. The second-order valence-electron chi connectivity index (χ2n) is 6.99. The number of aliphatic hydroxyl groups is 1. The summed E-state index contributed by atoms with van der Waals surface area (Å²) in [6.07, 6.45) is 8.10. The van der Waals surface area contributed by atoms with Gasteiger partial charge in [-0.05, 0) is 30.4 Å². The van der Waals surface area contributed by atoms with E-state index in [9.17, 15) is 9.90 Å². The van der Waals surface area contributed by atoms with Crippen molar-refractivity contribution >= 4 is 11.7 Å². The molecule has 2 aliphatic heterocycles. The van der Waals surface area contributed by atoms with Crippen LogP contribution in [0, 0.1) is 11.3 Å². The van der Waals surface area contributed by atoms with Gasteiger partial charge < -0.3 is 19.3 Å². The summed E-state index contributed by atoms with van der Waals surface area (Å²) in [5.74, 6) is 1.13. The second kappa shape index (κ2) is 6.48. The van der Waals surface area contributed by atoms with Crippen molar-refractivity contribution < 1.29 is 14.3 Å². The van der Waals surface area contributed by atoms with Crippen molar-refractivity contribution in [3.8, 4) is 0 Å². The summed E-state index contributed by atoms with van der Waals surface area (Å²) in [4.78, 5) is 24.9. The Balaban J connectivity index is 1.46.